The molecule has 18 heavy (non-hydrogen) atoms. The molecule has 2 aromatic rings. The maximum atomic E-state index is 10.7. The molecule has 6 heteroatoms. The molecule has 0 saturated heterocycles. The molecule has 0 aromatic carbocycles. The Bertz CT molecular complexity index is 544. The summed E-state index contributed by atoms with van der Waals surface area (Å²) in [6, 6.07) is 3.34. The van der Waals surface area contributed by atoms with Crippen LogP contribution in [0.25, 0.3) is 0 Å². The van der Waals surface area contributed by atoms with E-state index in [1.807, 2.05) is 24.9 Å². The van der Waals surface area contributed by atoms with Crippen LogP contribution in [0.2, 0.25) is 0 Å². The average molecular weight is 250 g/mol. The van der Waals surface area contributed by atoms with Crippen molar-refractivity contribution < 1.29 is 18.8 Å². The summed E-state index contributed by atoms with van der Waals surface area (Å²) in [5, 5.41) is 12.2. The van der Waals surface area contributed by atoms with Crippen molar-refractivity contribution in [1.29, 1.82) is 0 Å². The number of nitrogens with zero attached hydrogens (tertiary/aromatic N) is 2. The Morgan fingerprint density at radius 3 is 2.83 bits per heavy atom. The van der Waals surface area contributed by atoms with E-state index < -0.39 is 5.97 Å². The van der Waals surface area contributed by atoms with Gasteiger partial charge in [0.25, 0.3) is 0 Å². The Kier molecular flexibility index (Phi) is 3.47. The van der Waals surface area contributed by atoms with Gasteiger partial charge in [-0.1, -0.05) is 5.16 Å². The summed E-state index contributed by atoms with van der Waals surface area (Å²) in [6.45, 7) is 3.09. The van der Waals surface area contributed by atoms with Gasteiger partial charge >= 0.3 is 5.97 Å². The van der Waals surface area contributed by atoms with Gasteiger partial charge in [0.15, 0.2) is 11.5 Å². The minimum atomic E-state index is -1.08. The van der Waals surface area contributed by atoms with E-state index in [-0.39, 0.29) is 5.69 Å². The monoisotopic (exact) mass is 250 g/mol. The summed E-state index contributed by atoms with van der Waals surface area (Å²) < 4.78 is 10.2. The Balaban J connectivity index is 1.96. The smallest absolute Gasteiger partial charge is 0.358 e. The third-order valence-electron chi connectivity index (χ3n) is 2.61. The van der Waals surface area contributed by atoms with Gasteiger partial charge in [-0.15, -0.1) is 0 Å². The van der Waals surface area contributed by atoms with Gasteiger partial charge in [0.2, 0.25) is 0 Å². The number of carboxylic acids is 1. The quantitative estimate of drug-likeness (QED) is 0.873. The van der Waals surface area contributed by atoms with Gasteiger partial charge in [0, 0.05) is 18.2 Å². The number of aromatic nitrogens is 1. The number of carbonyl (C=O) groups is 1. The summed E-state index contributed by atoms with van der Waals surface area (Å²) in [5.41, 5.74) is 1.02. The van der Waals surface area contributed by atoms with Crippen molar-refractivity contribution >= 4 is 5.97 Å². The van der Waals surface area contributed by atoms with Gasteiger partial charge < -0.3 is 14.0 Å². The summed E-state index contributed by atoms with van der Waals surface area (Å²) >= 11 is 0. The fourth-order valence-electron chi connectivity index (χ4n) is 1.68. The summed E-state index contributed by atoms with van der Waals surface area (Å²) in [7, 11) is 1.91. The van der Waals surface area contributed by atoms with Gasteiger partial charge in [-0.2, -0.15) is 0 Å². The molecule has 0 spiro atoms. The number of rotatable bonds is 5. The molecule has 0 saturated carbocycles. The molecule has 0 radical (unpaired) electrons. The first-order chi connectivity index (χ1) is 8.56. The lowest BCUT2D eigenvalue weighted by atomic mass is 10.2. The number of aryl methyl sites for hydroxylation is 1. The second-order valence-corrected chi connectivity index (χ2v) is 4.16. The summed E-state index contributed by atoms with van der Waals surface area (Å²) in [5.74, 6) is 0.319. The van der Waals surface area contributed by atoms with Gasteiger partial charge in [0.05, 0.1) is 12.8 Å². The predicted molar refractivity (Wildman–Crippen MR) is 62.1 cm³/mol. The molecular formula is C12H14N2O4. The van der Waals surface area contributed by atoms with Gasteiger partial charge in [-0.05, 0) is 20.0 Å². The van der Waals surface area contributed by atoms with E-state index in [4.69, 9.17) is 14.0 Å². The van der Waals surface area contributed by atoms with Crippen LogP contribution in [0.1, 0.15) is 27.6 Å². The summed E-state index contributed by atoms with van der Waals surface area (Å²) in [6.07, 6.45) is 1.65. The first kappa shape index (κ1) is 12.4. The minimum Gasteiger partial charge on any atom is -0.476 e. The van der Waals surface area contributed by atoms with Crippen molar-refractivity contribution in [3.8, 4) is 0 Å². The standard InChI is InChI=1S/C12H14N2O4/c1-8-9(3-4-17-8)6-14(2)7-10-5-11(12(15)16)13-18-10/h3-5H,6-7H2,1-2H3,(H,15,16). The predicted octanol–water partition coefficient (Wildman–Crippen LogP) is 1.91. The highest BCUT2D eigenvalue weighted by Crippen LogP contribution is 2.13. The Hall–Kier alpha value is -2.08. The van der Waals surface area contributed by atoms with E-state index in [1.54, 1.807) is 6.26 Å². The topological polar surface area (TPSA) is 79.7 Å². The lowest BCUT2D eigenvalue weighted by Crippen LogP contribution is -2.17. The van der Waals surface area contributed by atoms with E-state index >= 15 is 0 Å². The van der Waals surface area contributed by atoms with Crippen molar-refractivity contribution in [2.75, 3.05) is 7.05 Å². The zero-order chi connectivity index (χ0) is 13.1. The minimum absolute atomic E-state index is 0.0714. The molecule has 0 atom stereocenters. The molecule has 0 aliphatic carbocycles. The van der Waals surface area contributed by atoms with Crippen molar-refractivity contribution in [2.24, 2.45) is 0 Å². The molecule has 0 bridgehead atoms. The van der Waals surface area contributed by atoms with Crippen molar-refractivity contribution in [2.45, 2.75) is 20.0 Å². The first-order valence-corrected chi connectivity index (χ1v) is 5.46. The number of furan rings is 1. The van der Waals surface area contributed by atoms with Crippen LogP contribution in [0.3, 0.4) is 0 Å². The molecule has 0 aliphatic rings. The normalized spacial score (nSPS) is 11.1. The van der Waals surface area contributed by atoms with Crippen LogP contribution < -0.4 is 0 Å². The highest BCUT2D eigenvalue weighted by molar-refractivity contribution is 5.85. The molecular weight excluding hydrogens is 236 g/mol. The number of hydrogen-bond donors (Lipinski definition) is 1. The third-order valence-corrected chi connectivity index (χ3v) is 2.61. The number of aromatic carboxylic acids is 1. The van der Waals surface area contributed by atoms with Crippen LogP contribution in [-0.2, 0) is 13.1 Å². The van der Waals surface area contributed by atoms with E-state index in [0.717, 1.165) is 11.3 Å². The molecule has 2 heterocycles. The fraction of sp³-hybridized carbons (Fsp3) is 0.333. The van der Waals surface area contributed by atoms with Crippen LogP contribution in [0.15, 0.2) is 27.3 Å². The molecule has 0 amide bonds. The summed E-state index contributed by atoms with van der Waals surface area (Å²) in [4.78, 5) is 12.6. The van der Waals surface area contributed by atoms with Crippen molar-refractivity contribution in [1.82, 2.24) is 10.1 Å². The average Bonchev–Trinajstić information content (AvgIpc) is 2.89. The van der Waals surface area contributed by atoms with Crippen LogP contribution in [0, 0.1) is 6.92 Å². The molecule has 96 valence electrons. The van der Waals surface area contributed by atoms with Crippen molar-refractivity contribution in [3.05, 3.63) is 41.2 Å². The molecule has 0 fully saturated rings. The molecule has 0 unspecified atom stereocenters. The Morgan fingerprint density at radius 1 is 1.50 bits per heavy atom. The Morgan fingerprint density at radius 2 is 2.28 bits per heavy atom. The van der Waals surface area contributed by atoms with Crippen LogP contribution in [-0.4, -0.2) is 28.2 Å². The number of hydrogen-bond acceptors (Lipinski definition) is 5. The highest BCUT2D eigenvalue weighted by atomic mass is 16.5. The van der Waals surface area contributed by atoms with Crippen LogP contribution in [0.5, 0.6) is 0 Å². The molecule has 1 N–H and O–H groups in total. The maximum Gasteiger partial charge on any atom is 0.358 e. The lowest BCUT2D eigenvalue weighted by molar-refractivity contribution is 0.0685. The Labute approximate surface area is 104 Å². The lowest BCUT2D eigenvalue weighted by Gasteiger charge is -2.13. The molecule has 6 nitrogen and oxygen atoms in total. The van der Waals surface area contributed by atoms with Gasteiger partial charge in [-0.3, -0.25) is 4.90 Å². The van der Waals surface area contributed by atoms with Crippen LogP contribution in [0.4, 0.5) is 0 Å². The molecule has 0 aliphatic heterocycles. The van der Waals surface area contributed by atoms with E-state index in [2.05, 4.69) is 5.16 Å². The third kappa shape index (κ3) is 2.78. The zero-order valence-corrected chi connectivity index (χ0v) is 10.2. The van der Waals surface area contributed by atoms with Crippen LogP contribution >= 0.6 is 0 Å². The first-order valence-electron chi connectivity index (χ1n) is 5.46. The van der Waals surface area contributed by atoms with E-state index in [0.29, 0.717) is 18.8 Å². The van der Waals surface area contributed by atoms with E-state index in [1.165, 1.54) is 6.07 Å². The zero-order valence-electron chi connectivity index (χ0n) is 10.2. The second kappa shape index (κ2) is 5.05. The van der Waals surface area contributed by atoms with Gasteiger partial charge in [0.1, 0.15) is 5.76 Å². The number of carboxylic acid groups (broad SMARTS) is 1. The maximum absolute atomic E-state index is 10.7. The second-order valence-electron chi connectivity index (χ2n) is 4.16. The fourth-order valence-corrected chi connectivity index (χ4v) is 1.68. The SMILES string of the molecule is Cc1occc1CN(C)Cc1cc(C(=O)O)no1. The largest absolute Gasteiger partial charge is 0.476 e. The van der Waals surface area contributed by atoms with Gasteiger partial charge in [-0.25, -0.2) is 4.79 Å². The molecule has 2 aromatic heterocycles. The van der Waals surface area contributed by atoms with E-state index in [9.17, 15) is 4.79 Å². The molecule has 2 rings (SSSR count). The van der Waals surface area contributed by atoms with Crippen molar-refractivity contribution in [3.63, 3.8) is 0 Å². The highest BCUT2D eigenvalue weighted by Gasteiger charge is 2.13.